The molecule has 8 nitrogen and oxygen atoms in total. The fourth-order valence-corrected chi connectivity index (χ4v) is 4.30. The van der Waals surface area contributed by atoms with Gasteiger partial charge in [0.25, 0.3) is 0 Å². The van der Waals surface area contributed by atoms with Gasteiger partial charge in [-0.2, -0.15) is 0 Å². The van der Waals surface area contributed by atoms with Gasteiger partial charge in [0.1, 0.15) is 41.1 Å². The molecule has 1 aromatic rings. The third-order valence-corrected chi connectivity index (χ3v) is 5.91. The summed E-state index contributed by atoms with van der Waals surface area (Å²) in [5, 5.41) is 49.3. The first-order valence-electron chi connectivity index (χ1n) is 8.30. The minimum atomic E-state index is -1.12. The third kappa shape index (κ3) is 3.21. The molecule has 0 spiro atoms. The Kier molecular flexibility index (Phi) is 5.48. The van der Waals surface area contributed by atoms with Gasteiger partial charge in [-0.05, 0) is 19.1 Å². The number of nitrogens with zero attached hydrogens (tertiary/aromatic N) is 3. The Morgan fingerprint density at radius 2 is 2.00 bits per heavy atom. The summed E-state index contributed by atoms with van der Waals surface area (Å²) in [6, 6.07) is -0.790. The van der Waals surface area contributed by atoms with E-state index in [2.05, 4.69) is 10.3 Å². The molecule has 0 radical (unpaired) electrons. The fraction of sp³-hybridized carbons (Fsp3) is 0.867. The lowest BCUT2D eigenvalue weighted by Crippen LogP contribution is -2.54. The van der Waals surface area contributed by atoms with E-state index in [0.29, 0.717) is 18.5 Å². The molecular formula is C15H25N3O5S. The molecule has 3 rings (SSSR count). The Hall–Kier alpha value is -0.710. The number of aliphatic hydroxyl groups excluding tert-OH is 3. The number of hydrogen-bond acceptors (Lipinski definition) is 8. The van der Waals surface area contributed by atoms with Crippen molar-refractivity contribution < 1.29 is 25.2 Å². The zero-order chi connectivity index (χ0) is 17.3. The lowest BCUT2D eigenvalue weighted by atomic mass is 9.83. The van der Waals surface area contributed by atoms with E-state index in [1.54, 1.807) is 12.5 Å². The van der Waals surface area contributed by atoms with Crippen LogP contribution < -0.4 is 0 Å². The van der Waals surface area contributed by atoms with Crippen molar-refractivity contribution in [2.45, 2.75) is 67.5 Å². The van der Waals surface area contributed by atoms with Gasteiger partial charge in [-0.3, -0.25) is 0 Å². The van der Waals surface area contributed by atoms with Gasteiger partial charge in [-0.1, -0.05) is 24.5 Å². The molecule has 5 atom stereocenters. The third-order valence-electron chi connectivity index (χ3n) is 5.05. The number of ether oxygens (including phenoxy) is 1. The van der Waals surface area contributed by atoms with Gasteiger partial charge in [0.05, 0.1) is 12.8 Å². The number of rotatable bonds is 4. The van der Waals surface area contributed by atoms with E-state index in [-0.39, 0.29) is 6.61 Å². The van der Waals surface area contributed by atoms with Crippen molar-refractivity contribution in [2.24, 2.45) is 0 Å². The van der Waals surface area contributed by atoms with Crippen molar-refractivity contribution in [3.63, 3.8) is 0 Å². The second kappa shape index (κ2) is 7.27. The number of hydrogen-bond donors (Lipinski definition) is 4. The monoisotopic (exact) mass is 359 g/mol. The van der Waals surface area contributed by atoms with Crippen LogP contribution in [-0.4, -0.2) is 72.0 Å². The predicted octanol–water partition coefficient (Wildman–Crippen LogP) is -0.227. The maximum atomic E-state index is 10.8. The van der Waals surface area contributed by atoms with E-state index in [1.165, 1.54) is 16.4 Å². The molecule has 1 saturated carbocycles. The van der Waals surface area contributed by atoms with E-state index in [1.807, 2.05) is 0 Å². The van der Waals surface area contributed by atoms with Crippen LogP contribution in [-0.2, 0) is 10.3 Å². The first kappa shape index (κ1) is 18.1. The average molecular weight is 359 g/mol. The van der Waals surface area contributed by atoms with Crippen molar-refractivity contribution in [3.05, 3.63) is 11.9 Å². The van der Waals surface area contributed by atoms with E-state index in [9.17, 15) is 20.4 Å². The van der Waals surface area contributed by atoms with Crippen molar-refractivity contribution >= 4 is 11.8 Å². The molecule has 1 aliphatic heterocycles. The van der Waals surface area contributed by atoms with Crippen molar-refractivity contribution in [1.82, 2.24) is 15.0 Å². The molecule has 3 unspecified atom stereocenters. The van der Waals surface area contributed by atoms with Crippen LogP contribution in [0.1, 0.15) is 43.8 Å². The van der Waals surface area contributed by atoms with Gasteiger partial charge in [0.15, 0.2) is 0 Å². The van der Waals surface area contributed by atoms with E-state index >= 15 is 0 Å². The second-order valence-corrected chi connectivity index (χ2v) is 7.55. The molecule has 2 aliphatic rings. The summed E-state index contributed by atoms with van der Waals surface area (Å²) in [7, 11) is 0. The summed E-state index contributed by atoms with van der Waals surface area (Å²) in [4.78, 5) is 0. The predicted molar refractivity (Wildman–Crippen MR) is 87.3 cm³/mol. The minimum Gasteiger partial charge on any atom is -0.394 e. The Morgan fingerprint density at radius 3 is 2.62 bits per heavy atom. The van der Waals surface area contributed by atoms with Gasteiger partial charge in [0.2, 0.25) is 0 Å². The first-order valence-corrected chi connectivity index (χ1v) is 9.59. The molecular weight excluding hydrogens is 334 g/mol. The number of thioether (sulfide) groups is 1. The SMILES string of the molecule is CS[C@@H]1OC(CO)[C@H](O)C(n2cc(C3(O)CCCCC3)nn2)C1O. The quantitative estimate of drug-likeness (QED) is 0.582. The average Bonchev–Trinajstić information content (AvgIpc) is 3.06. The summed E-state index contributed by atoms with van der Waals surface area (Å²) in [5.74, 6) is 0. The normalized spacial score (nSPS) is 36.6. The Labute approximate surface area is 144 Å². The molecule has 24 heavy (non-hydrogen) atoms. The van der Waals surface area contributed by atoms with Crippen molar-refractivity contribution in [3.8, 4) is 0 Å². The van der Waals surface area contributed by atoms with Crippen LogP contribution in [0.4, 0.5) is 0 Å². The molecule has 2 heterocycles. The highest BCUT2D eigenvalue weighted by atomic mass is 32.2. The van der Waals surface area contributed by atoms with Crippen LogP contribution in [0.2, 0.25) is 0 Å². The summed E-state index contributed by atoms with van der Waals surface area (Å²) < 4.78 is 6.90. The van der Waals surface area contributed by atoms with Gasteiger partial charge in [-0.25, -0.2) is 4.68 Å². The zero-order valence-corrected chi connectivity index (χ0v) is 14.5. The smallest absolute Gasteiger partial charge is 0.131 e. The number of aromatic nitrogens is 3. The lowest BCUT2D eigenvalue weighted by Gasteiger charge is -2.41. The van der Waals surface area contributed by atoms with Crippen LogP contribution in [0, 0.1) is 0 Å². The molecule has 136 valence electrons. The summed E-state index contributed by atoms with van der Waals surface area (Å²) >= 11 is 1.30. The molecule has 0 amide bonds. The van der Waals surface area contributed by atoms with Crippen LogP contribution in [0.15, 0.2) is 6.20 Å². The molecule has 1 aromatic heterocycles. The highest BCUT2D eigenvalue weighted by molar-refractivity contribution is 7.99. The van der Waals surface area contributed by atoms with E-state index in [4.69, 9.17) is 4.74 Å². The lowest BCUT2D eigenvalue weighted by molar-refractivity contribution is -0.178. The summed E-state index contributed by atoms with van der Waals surface area (Å²) in [5.41, 5.74) is -1.11. The topological polar surface area (TPSA) is 121 Å². The molecule has 0 bridgehead atoms. The van der Waals surface area contributed by atoms with Crippen molar-refractivity contribution in [1.29, 1.82) is 0 Å². The maximum Gasteiger partial charge on any atom is 0.131 e. The Bertz CT molecular complexity index is 535. The summed E-state index contributed by atoms with van der Waals surface area (Å²) in [6.07, 6.45) is 4.70. The second-order valence-electron chi connectivity index (χ2n) is 6.61. The van der Waals surface area contributed by atoms with Crippen LogP contribution in [0.25, 0.3) is 0 Å². The first-order chi connectivity index (χ1) is 11.5. The highest BCUT2D eigenvalue weighted by Crippen LogP contribution is 2.38. The maximum absolute atomic E-state index is 10.8. The zero-order valence-electron chi connectivity index (χ0n) is 13.7. The van der Waals surface area contributed by atoms with Gasteiger partial charge in [0, 0.05) is 0 Å². The summed E-state index contributed by atoms with van der Waals surface area (Å²) in [6.45, 7) is -0.354. The van der Waals surface area contributed by atoms with Gasteiger partial charge < -0.3 is 25.2 Å². The van der Waals surface area contributed by atoms with Crippen LogP contribution >= 0.6 is 11.8 Å². The fourth-order valence-electron chi connectivity index (χ4n) is 3.60. The van der Waals surface area contributed by atoms with Crippen LogP contribution in [0.5, 0.6) is 0 Å². The Morgan fingerprint density at radius 1 is 1.29 bits per heavy atom. The van der Waals surface area contributed by atoms with Crippen LogP contribution in [0.3, 0.4) is 0 Å². The highest BCUT2D eigenvalue weighted by Gasteiger charge is 2.46. The molecule has 1 saturated heterocycles. The van der Waals surface area contributed by atoms with Crippen molar-refractivity contribution in [2.75, 3.05) is 12.9 Å². The van der Waals surface area contributed by atoms with Gasteiger partial charge in [-0.15, -0.1) is 16.9 Å². The van der Waals surface area contributed by atoms with E-state index < -0.39 is 35.4 Å². The minimum absolute atomic E-state index is 0.354. The standard InChI is InChI=1S/C15H25N3O5S/c1-24-14-13(21)11(12(20)9(8-19)23-14)18-7-10(16-17-18)15(22)5-3-2-4-6-15/h7,9,11-14,19-22H,2-6,8H2,1H3/t9?,11?,12-,13?,14-/m0/s1. The Balaban J connectivity index is 1.86. The van der Waals surface area contributed by atoms with E-state index in [0.717, 1.165) is 19.3 Å². The van der Waals surface area contributed by atoms with Gasteiger partial charge >= 0.3 is 0 Å². The molecule has 2 fully saturated rings. The molecule has 0 aromatic carbocycles. The number of aliphatic hydroxyl groups is 4. The molecule has 9 heteroatoms. The molecule has 1 aliphatic carbocycles. The molecule has 4 N–H and O–H groups in total. The largest absolute Gasteiger partial charge is 0.394 e.